The highest BCUT2D eigenvalue weighted by atomic mass is 16.5. The predicted molar refractivity (Wildman–Crippen MR) is 57.6 cm³/mol. The minimum absolute atomic E-state index is 0.263. The lowest BCUT2D eigenvalue weighted by molar-refractivity contribution is 0.141. The number of rotatable bonds is 4. The van der Waals surface area contributed by atoms with Gasteiger partial charge in [0.05, 0.1) is 6.61 Å². The second-order valence-electron chi connectivity index (χ2n) is 4.09. The number of aliphatic hydroxyl groups excluding tert-OH is 1. The monoisotopic (exact) mass is 215 g/mol. The summed E-state index contributed by atoms with van der Waals surface area (Å²) in [6.45, 7) is 2.50. The molecule has 88 valence electrons. The normalized spacial score (nSPS) is 26.0. The molecule has 1 saturated carbocycles. The SMILES string of the molecule is CCOC(=O)NC1CCC(CCO)CC1. The van der Waals surface area contributed by atoms with E-state index in [-0.39, 0.29) is 18.7 Å². The van der Waals surface area contributed by atoms with E-state index in [0.717, 1.165) is 32.1 Å². The molecule has 0 heterocycles. The van der Waals surface area contributed by atoms with Crippen LogP contribution in [0.4, 0.5) is 4.79 Å². The lowest BCUT2D eigenvalue weighted by Gasteiger charge is -2.28. The Bertz CT molecular complexity index is 188. The molecule has 0 radical (unpaired) electrons. The molecule has 15 heavy (non-hydrogen) atoms. The average molecular weight is 215 g/mol. The molecule has 0 spiro atoms. The van der Waals surface area contributed by atoms with Crippen molar-refractivity contribution >= 4 is 6.09 Å². The maximum atomic E-state index is 11.1. The fraction of sp³-hybridized carbons (Fsp3) is 0.909. The second kappa shape index (κ2) is 6.67. The van der Waals surface area contributed by atoms with Crippen LogP contribution in [0.25, 0.3) is 0 Å². The summed E-state index contributed by atoms with van der Waals surface area (Å²) in [7, 11) is 0. The summed E-state index contributed by atoms with van der Waals surface area (Å²) in [6, 6.07) is 0.263. The van der Waals surface area contributed by atoms with Crippen LogP contribution in [-0.2, 0) is 4.74 Å². The predicted octanol–water partition coefficient (Wildman–Crippen LogP) is 1.67. The topological polar surface area (TPSA) is 58.6 Å². The highest BCUT2D eigenvalue weighted by molar-refractivity contribution is 5.67. The lowest BCUT2D eigenvalue weighted by atomic mass is 9.84. The zero-order chi connectivity index (χ0) is 11.1. The number of hydrogen-bond donors (Lipinski definition) is 2. The van der Waals surface area contributed by atoms with Gasteiger partial charge >= 0.3 is 6.09 Å². The van der Waals surface area contributed by atoms with Crippen LogP contribution in [0.3, 0.4) is 0 Å². The second-order valence-corrected chi connectivity index (χ2v) is 4.09. The summed E-state index contributed by atoms with van der Waals surface area (Å²) in [6.07, 6.45) is 4.79. The molecule has 1 amide bonds. The Morgan fingerprint density at radius 2 is 2.07 bits per heavy atom. The van der Waals surface area contributed by atoms with E-state index in [0.29, 0.717) is 12.5 Å². The molecule has 2 N–H and O–H groups in total. The first-order valence-electron chi connectivity index (χ1n) is 5.80. The first kappa shape index (κ1) is 12.3. The first-order chi connectivity index (χ1) is 7.26. The van der Waals surface area contributed by atoms with Gasteiger partial charge in [0.2, 0.25) is 0 Å². The summed E-state index contributed by atoms with van der Waals surface area (Å²) >= 11 is 0. The Morgan fingerprint density at radius 3 is 2.60 bits per heavy atom. The molecule has 0 bridgehead atoms. The van der Waals surface area contributed by atoms with E-state index >= 15 is 0 Å². The molecular weight excluding hydrogens is 194 g/mol. The number of aliphatic hydroxyl groups is 1. The van der Waals surface area contributed by atoms with Crippen molar-refractivity contribution in [2.24, 2.45) is 5.92 Å². The van der Waals surface area contributed by atoms with E-state index in [1.807, 2.05) is 0 Å². The minimum Gasteiger partial charge on any atom is -0.450 e. The molecule has 1 rings (SSSR count). The Hall–Kier alpha value is -0.770. The molecule has 4 nitrogen and oxygen atoms in total. The van der Waals surface area contributed by atoms with Crippen LogP contribution in [-0.4, -0.2) is 30.5 Å². The Balaban J connectivity index is 2.16. The van der Waals surface area contributed by atoms with Gasteiger partial charge in [0.25, 0.3) is 0 Å². The molecule has 1 fully saturated rings. The highest BCUT2D eigenvalue weighted by Crippen LogP contribution is 2.26. The molecule has 0 saturated heterocycles. The van der Waals surface area contributed by atoms with Gasteiger partial charge in [-0.3, -0.25) is 0 Å². The molecule has 4 heteroatoms. The largest absolute Gasteiger partial charge is 0.450 e. The van der Waals surface area contributed by atoms with Crippen LogP contribution >= 0.6 is 0 Å². The highest BCUT2D eigenvalue weighted by Gasteiger charge is 2.22. The quantitative estimate of drug-likeness (QED) is 0.750. The summed E-state index contributed by atoms with van der Waals surface area (Å²) in [5, 5.41) is 11.7. The zero-order valence-corrected chi connectivity index (χ0v) is 9.37. The average Bonchev–Trinajstić information content (AvgIpc) is 2.22. The minimum atomic E-state index is -0.303. The van der Waals surface area contributed by atoms with Gasteiger partial charge in [0.1, 0.15) is 0 Å². The van der Waals surface area contributed by atoms with Gasteiger partial charge in [0.15, 0.2) is 0 Å². The molecule has 0 aromatic rings. The van der Waals surface area contributed by atoms with Crippen LogP contribution in [0.15, 0.2) is 0 Å². The summed E-state index contributed by atoms with van der Waals surface area (Å²) in [4.78, 5) is 11.1. The van der Waals surface area contributed by atoms with Gasteiger partial charge in [-0.05, 0) is 44.9 Å². The maximum absolute atomic E-state index is 11.1. The van der Waals surface area contributed by atoms with Crippen molar-refractivity contribution in [1.29, 1.82) is 0 Å². The van der Waals surface area contributed by atoms with E-state index in [4.69, 9.17) is 9.84 Å². The molecular formula is C11H21NO3. The van der Waals surface area contributed by atoms with Crippen LogP contribution in [0.1, 0.15) is 39.0 Å². The van der Waals surface area contributed by atoms with Crippen molar-refractivity contribution < 1.29 is 14.6 Å². The summed E-state index contributed by atoms with van der Waals surface area (Å²) in [5.41, 5.74) is 0. The first-order valence-corrected chi connectivity index (χ1v) is 5.80. The summed E-state index contributed by atoms with van der Waals surface area (Å²) in [5.74, 6) is 0.634. The van der Waals surface area contributed by atoms with E-state index < -0.39 is 0 Å². The fourth-order valence-electron chi connectivity index (χ4n) is 2.12. The number of ether oxygens (including phenoxy) is 1. The van der Waals surface area contributed by atoms with Gasteiger partial charge in [-0.25, -0.2) is 4.79 Å². The fourth-order valence-corrected chi connectivity index (χ4v) is 2.12. The number of hydrogen-bond acceptors (Lipinski definition) is 3. The van der Waals surface area contributed by atoms with Gasteiger partial charge in [-0.1, -0.05) is 0 Å². The zero-order valence-electron chi connectivity index (χ0n) is 9.37. The lowest BCUT2D eigenvalue weighted by Crippen LogP contribution is -2.38. The van der Waals surface area contributed by atoms with Crippen molar-refractivity contribution in [3.05, 3.63) is 0 Å². The molecule has 0 aliphatic heterocycles. The van der Waals surface area contributed by atoms with Crippen molar-refractivity contribution in [2.75, 3.05) is 13.2 Å². The summed E-state index contributed by atoms with van der Waals surface area (Å²) < 4.78 is 4.83. The smallest absolute Gasteiger partial charge is 0.407 e. The Kier molecular flexibility index (Phi) is 5.47. The number of amides is 1. The van der Waals surface area contributed by atoms with Gasteiger partial charge in [-0.15, -0.1) is 0 Å². The van der Waals surface area contributed by atoms with E-state index in [9.17, 15) is 4.79 Å². The Morgan fingerprint density at radius 1 is 1.40 bits per heavy atom. The molecule has 0 unspecified atom stereocenters. The number of nitrogens with one attached hydrogen (secondary N) is 1. The van der Waals surface area contributed by atoms with Gasteiger partial charge in [0, 0.05) is 12.6 Å². The van der Waals surface area contributed by atoms with E-state index in [1.165, 1.54) is 0 Å². The van der Waals surface area contributed by atoms with E-state index in [2.05, 4.69) is 5.32 Å². The van der Waals surface area contributed by atoms with Crippen LogP contribution < -0.4 is 5.32 Å². The number of carbonyl (C=O) groups excluding carboxylic acids is 1. The maximum Gasteiger partial charge on any atom is 0.407 e. The van der Waals surface area contributed by atoms with Gasteiger partial charge < -0.3 is 15.2 Å². The number of alkyl carbamates (subject to hydrolysis) is 1. The van der Waals surface area contributed by atoms with Crippen LogP contribution in [0.5, 0.6) is 0 Å². The van der Waals surface area contributed by atoms with Crippen molar-refractivity contribution in [1.82, 2.24) is 5.32 Å². The third-order valence-corrected chi connectivity index (χ3v) is 2.98. The molecule has 1 aliphatic carbocycles. The van der Waals surface area contributed by atoms with Crippen LogP contribution in [0, 0.1) is 5.92 Å². The molecule has 1 aliphatic rings. The Labute approximate surface area is 91.0 Å². The number of carbonyl (C=O) groups is 1. The molecule has 0 aromatic heterocycles. The standard InChI is InChI=1S/C11H21NO3/c1-2-15-11(14)12-10-5-3-9(4-6-10)7-8-13/h9-10,13H,2-8H2,1H3,(H,12,14). The van der Waals surface area contributed by atoms with Gasteiger partial charge in [-0.2, -0.15) is 0 Å². The third kappa shape index (κ3) is 4.51. The molecule has 0 aromatic carbocycles. The van der Waals surface area contributed by atoms with Crippen LogP contribution in [0.2, 0.25) is 0 Å². The van der Waals surface area contributed by atoms with Crippen molar-refractivity contribution in [3.8, 4) is 0 Å². The molecule has 0 atom stereocenters. The third-order valence-electron chi connectivity index (χ3n) is 2.98. The van der Waals surface area contributed by atoms with Crippen molar-refractivity contribution in [3.63, 3.8) is 0 Å². The van der Waals surface area contributed by atoms with E-state index in [1.54, 1.807) is 6.92 Å². The van der Waals surface area contributed by atoms with Crippen molar-refractivity contribution in [2.45, 2.75) is 45.1 Å².